The second-order valence-corrected chi connectivity index (χ2v) is 4.05. The van der Waals surface area contributed by atoms with Gasteiger partial charge in [0, 0.05) is 13.5 Å². The van der Waals surface area contributed by atoms with E-state index in [0.29, 0.717) is 11.4 Å². The van der Waals surface area contributed by atoms with E-state index < -0.39 is 12.0 Å². The van der Waals surface area contributed by atoms with Gasteiger partial charge in [0.2, 0.25) is 0 Å². The Labute approximate surface area is 103 Å². The number of fused-ring (bicyclic) bond motifs is 1. The lowest BCUT2D eigenvalue weighted by molar-refractivity contribution is -0.138. The number of nitrogens with two attached hydrogens (primary N) is 1. The van der Waals surface area contributed by atoms with Crippen molar-refractivity contribution in [3.63, 3.8) is 0 Å². The first-order valence-corrected chi connectivity index (χ1v) is 5.36. The Hall–Kier alpha value is -2.39. The number of aryl methyl sites for hydroxylation is 1. The molecule has 1 aromatic carbocycles. The zero-order valence-electron chi connectivity index (χ0n) is 9.79. The second kappa shape index (κ2) is 4.47. The van der Waals surface area contributed by atoms with Gasteiger partial charge in [-0.05, 0) is 18.2 Å². The Kier molecular flexibility index (Phi) is 3.00. The SMILES string of the molecule is Cn1c(C[C@H](N)C(=O)O)nc2ccc(C#N)cc21. The Morgan fingerprint density at radius 1 is 1.67 bits per heavy atom. The molecule has 0 unspecified atom stereocenters. The summed E-state index contributed by atoms with van der Waals surface area (Å²) in [6.45, 7) is 0. The van der Waals surface area contributed by atoms with Crippen molar-refractivity contribution in [1.29, 1.82) is 5.26 Å². The molecule has 0 amide bonds. The van der Waals surface area contributed by atoms with Crippen LogP contribution < -0.4 is 5.73 Å². The number of nitriles is 1. The Balaban J connectivity index is 2.45. The number of carboxylic acids is 1. The van der Waals surface area contributed by atoms with E-state index in [1.807, 2.05) is 0 Å². The van der Waals surface area contributed by atoms with Crippen LogP contribution in [0.4, 0.5) is 0 Å². The molecule has 2 rings (SSSR count). The second-order valence-electron chi connectivity index (χ2n) is 4.05. The van der Waals surface area contributed by atoms with Crippen LogP contribution in [0.5, 0.6) is 0 Å². The lowest BCUT2D eigenvalue weighted by Gasteiger charge is -2.06. The lowest BCUT2D eigenvalue weighted by atomic mass is 10.2. The molecule has 0 bridgehead atoms. The minimum absolute atomic E-state index is 0.155. The van der Waals surface area contributed by atoms with Crippen molar-refractivity contribution in [3.8, 4) is 6.07 Å². The summed E-state index contributed by atoms with van der Waals surface area (Å²) in [6.07, 6.45) is 0.155. The van der Waals surface area contributed by atoms with Crippen LogP contribution in [-0.4, -0.2) is 26.7 Å². The van der Waals surface area contributed by atoms with E-state index >= 15 is 0 Å². The first-order chi connectivity index (χ1) is 8.52. The molecule has 1 heterocycles. The van der Waals surface area contributed by atoms with Gasteiger partial charge in [-0.2, -0.15) is 5.26 Å². The van der Waals surface area contributed by atoms with Crippen LogP contribution in [0.1, 0.15) is 11.4 Å². The molecule has 1 atom stereocenters. The van der Waals surface area contributed by atoms with Crippen LogP contribution in [-0.2, 0) is 18.3 Å². The molecule has 6 nitrogen and oxygen atoms in total. The summed E-state index contributed by atoms with van der Waals surface area (Å²) in [5.41, 5.74) is 7.55. The summed E-state index contributed by atoms with van der Waals surface area (Å²) in [5, 5.41) is 17.6. The average molecular weight is 244 g/mol. The molecule has 2 aromatic rings. The third kappa shape index (κ3) is 2.04. The van der Waals surface area contributed by atoms with Gasteiger partial charge in [-0.15, -0.1) is 0 Å². The highest BCUT2D eigenvalue weighted by atomic mass is 16.4. The topological polar surface area (TPSA) is 105 Å². The summed E-state index contributed by atoms with van der Waals surface area (Å²) in [5.74, 6) is -0.463. The number of benzene rings is 1. The minimum atomic E-state index is -1.06. The minimum Gasteiger partial charge on any atom is -0.480 e. The van der Waals surface area contributed by atoms with Gasteiger partial charge in [0.25, 0.3) is 0 Å². The third-order valence-corrected chi connectivity index (χ3v) is 2.82. The number of hydrogen-bond acceptors (Lipinski definition) is 4. The third-order valence-electron chi connectivity index (χ3n) is 2.82. The number of carboxylic acid groups (broad SMARTS) is 1. The molecule has 18 heavy (non-hydrogen) atoms. The molecule has 0 aliphatic heterocycles. The van der Waals surface area contributed by atoms with Gasteiger partial charge in [0.1, 0.15) is 11.9 Å². The molecule has 92 valence electrons. The van der Waals surface area contributed by atoms with Crippen LogP contribution >= 0.6 is 0 Å². The molecule has 0 saturated carbocycles. The molecule has 6 heteroatoms. The van der Waals surface area contributed by atoms with Gasteiger partial charge in [0.15, 0.2) is 0 Å². The summed E-state index contributed by atoms with van der Waals surface area (Å²) >= 11 is 0. The van der Waals surface area contributed by atoms with Crippen LogP contribution in [0.25, 0.3) is 11.0 Å². The Morgan fingerprint density at radius 2 is 2.39 bits per heavy atom. The van der Waals surface area contributed by atoms with Crippen molar-refractivity contribution in [2.45, 2.75) is 12.5 Å². The normalized spacial score (nSPS) is 12.3. The summed E-state index contributed by atoms with van der Waals surface area (Å²) in [7, 11) is 1.78. The van der Waals surface area contributed by atoms with E-state index in [1.54, 1.807) is 29.8 Å². The molecular formula is C12H12N4O2. The van der Waals surface area contributed by atoms with Crippen LogP contribution in [0.3, 0.4) is 0 Å². The fourth-order valence-electron chi connectivity index (χ4n) is 1.78. The first-order valence-electron chi connectivity index (χ1n) is 5.36. The highest BCUT2D eigenvalue weighted by Gasteiger charge is 2.16. The van der Waals surface area contributed by atoms with E-state index in [2.05, 4.69) is 11.1 Å². The zero-order valence-corrected chi connectivity index (χ0v) is 9.79. The van der Waals surface area contributed by atoms with E-state index in [4.69, 9.17) is 16.1 Å². The van der Waals surface area contributed by atoms with E-state index in [1.165, 1.54) is 0 Å². The number of nitrogens with zero attached hydrogens (tertiary/aromatic N) is 3. The number of aliphatic carboxylic acids is 1. The maximum Gasteiger partial charge on any atom is 0.320 e. The van der Waals surface area contributed by atoms with Crippen molar-refractivity contribution >= 4 is 17.0 Å². The highest BCUT2D eigenvalue weighted by Crippen LogP contribution is 2.17. The predicted octanol–water partition coefficient (Wildman–Crippen LogP) is 0.399. The largest absolute Gasteiger partial charge is 0.480 e. The molecule has 0 fully saturated rings. The summed E-state index contributed by atoms with van der Waals surface area (Å²) in [4.78, 5) is 15.0. The number of imidazole rings is 1. The molecule has 0 radical (unpaired) electrons. The molecule has 3 N–H and O–H groups in total. The standard InChI is InChI=1S/C12H12N4O2/c1-16-10-4-7(6-13)2-3-9(10)15-11(16)5-8(14)12(17)18/h2-4,8H,5,14H2,1H3,(H,17,18)/t8-/m0/s1. The van der Waals surface area contributed by atoms with Crippen molar-refractivity contribution < 1.29 is 9.90 Å². The Bertz CT molecular complexity index is 654. The van der Waals surface area contributed by atoms with Crippen LogP contribution in [0, 0.1) is 11.3 Å². The number of carbonyl (C=O) groups is 1. The van der Waals surface area contributed by atoms with Gasteiger partial charge >= 0.3 is 5.97 Å². The summed E-state index contributed by atoms with van der Waals surface area (Å²) in [6, 6.07) is 6.22. The number of aromatic nitrogens is 2. The first kappa shape index (κ1) is 12.1. The van der Waals surface area contributed by atoms with Gasteiger partial charge in [-0.3, -0.25) is 4.79 Å². The monoisotopic (exact) mass is 244 g/mol. The van der Waals surface area contributed by atoms with Crippen molar-refractivity contribution in [2.24, 2.45) is 12.8 Å². The van der Waals surface area contributed by atoms with Gasteiger partial charge < -0.3 is 15.4 Å². The molecule has 0 aliphatic rings. The molecule has 0 spiro atoms. The lowest BCUT2D eigenvalue weighted by Crippen LogP contribution is -2.33. The maximum absolute atomic E-state index is 10.7. The quantitative estimate of drug-likeness (QED) is 0.813. The molecule has 0 saturated heterocycles. The Morgan fingerprint density at radius 3 is 3.00 bits per heavy atom. The van der Waals surface area contributed by atoms with Crippen molar-refractivity contribution in [1.82, 2.24) is 9.55 Å². The van der Waals surface area contributed by atoms with Crippen molar-refractivity contribution in [3.05, 3.63) is 29.6 Å². The average Bonchev–Trinajstić information content (AvgIpc) is 2.66. The number of rotatable bonds is 3. The smallest absolute Gasteiger partial charge is 0.320 e. The fraction of sp³-hybridized carbons (Fsp3) is 0.250. The molecule has 0 aliphatic carbocycles. The van der Waals surface area contributed by atoms with Crippen LogP contribution in [0.2, 0.25) is 0 Å². The van der Waals surface area contributed by atoms with Gasteiger partial charge in [0.05, 0.1) is 22.7 Å². The fourth-order valence-corrected chi connectivity index (χ4v) is 1.78. The van der Waals surface area contributed by atoms with E-state index in [9.17, 15) is 4.79 Å². The van der Waals surface area contributed by atoms with E-state index in [0.717, 1.165) is 11.0 Å². The number of hydrogen-bond donors (Lipinski definition) is 2. The predicted molar refractivity (Wildman–Crippen MR) is 64.7 cm³/mol. The van der Waals surface area contributed by atoms with Crippen molar-refractivity contribution in [2.75, 3.05) is 0 Å². The van der Waals surface area contributed by atoms with Crippen LogP contribution in [0.15, 0.2) is 18.2 Å². The molecular weight excluding hydrogens is 232 g/mol. The van der Waals surface area contributed by atoms with E-state index in [-0.39, 0.29) is 6.42 Å². The molecule has 1 aromatic heterocycles. The zero-order chi connectivity index (χ0) is 13.3. The van der Waals surface area contributed by atoms with Gasteiger partial charge in [-0.1, -0.05) is 0 Å². The summed E-state index contributed by atoms with van der Waals surface area (Å²) < 4.78 is 1.76. The maximum atomic E-state index is 10.7. The highest BCUT2D eigenvalue weighted by molar-refractivity contribution is 5.78. The van der Waals surface area contributed by atoms with Gasteiger partial charge in [-0.25, -0.2) is 4.98 Å².